The van der Waals surface area contributed by atoms with Gasteiger partial charge in [-0.05, 0) is 36.2 Å². The first kappa shape index (κ1) is 18.3. The van der Waals surface area contributed by atoms with Crippen molar-refractivity contribution in [3.63, 3.8) is 0 Å². The van der Waals surface area contributed by atoms with Crippen LogP contribution in [0.5, 0.6) is 0 Å². The smallest absolute Gasteiger partial charge is 0.351 e. The summed E-state index contributed by atoms with van der Waals surface area (Å²) in [5.41, 5.74) is 0.424. The van der Waals surface area contributed by atoms with Gasteiger partial charge in [-0.1, -0.05) is 23.9 Å². The van der Waals surface area contributed by atoms with Crippen LogP contribution in [0.2, 0.25) is 0 Å². The van der Waals surface area contributed by atoms with E-state index < -0.39 is 11.7 Å². The number of nitrogens with zero attached hydrogens (tertiary/aromatic N) is 1. The van der Waals surface area contributed by atoms with Crippen molar-refractivity contribution in [1.82, 2.24) is 10.3 Å². The maximum Gasteiger partial charge on any atom is 0.417 e. The molecule has 0 atom stereocenters. The van der Waals surface area contributed by atoms with Crippen molar-refractivity contribution in [2.75, 3.05) is 5.75 Å². The molecule has 0 spiro atoms. The number of amides is 1. The number of halogens is 4. The van der Waals surface area contributed by atoms with Gasteiger partial charge in [0.1, 0.15) is 5.82 Å². The maximum absolute atomic E-state index is 13.1. The van der Waals surface area contributed by atoms with E-state index in [0.717, 1.165) is 29.6 Å². The number of nitrogens with one attached hydrogen (secondary N) is 1. The number of pyridine rings is 1. The summed E-state index contributed by atoms with van der Waals surface area (Å²) in [6.45, 7) is 1.88. The number of aromatic nitrogens is 1. The summed E-state index contributed by atoms with van der Waals surface area (Å²) < 4.78 is 50.4. The maximum atomic E-state index is 13.1. The molecule has 1 aromatic heterocycles. The molecule has 0 unspecified atom stereocenters. The summed E-state index contributed by atoms with van der Waals surface area (Å²) >= 11 is 1.04. The Morgan fingerprint density at radius 3 is 2.58 bits per heavy atom. The number of benzene rings is 1. The van der Waals surface area contributed by atoms with E-state index in [1.807, 2.05) is 0 Å². The van der Waals surface area contributed by atoms with Gasteiger partial charge in [0.05, 0.1) is 16.3 Å². The van der Waals surface area contributed by atoms with E-state index in [9.17, 15) is 22.4 Å². The molecular weight excluding hydrogens is 344 g/mol. The number of hydrogen-bond acceptors (Lipinski definition) is 3. The number of carbonyl (C=O) groups is 1. The fraction of sp³-hybridized carbons (Fsp3) is 0.250. The molecule has 1 amide bonds. The number of alkyl halides is 3. The third-order valence-electron chi connectivity index (χ3n) is 3.13. The highest BCUT2D eigenvalue weighted by Gasteiger charge is 2.30. The largest absolute Gasteiger partial charge is 0.417 e. The fourth-order valence-electron chi connectivity index (χ4n) is 1.84. The van der Waals surface area contributed by atoms with Crippen LogP contribution in [0.1, 0.15) is 16.7 Å². The predicted molar refractivity (Wildman–Crippen MR) is 82.9 cm³/mol. The summed E-state index contributed by atoms with van der Waals surface area (Å²) in [4.78, 5) is 15.4. The molecule has 24 heavy (non-hydrogen) atoms. The number of aryl methyl sites for hydroxylation is 1. The van der Waals surface area contributed by atoms with E-state index in [4.69, 9.17) is 0 Å². The van der Waals surface area contributed by atoms with Gasteiger partial charge in [0.15, 0.2) is 0 Å². The molecule has 0 aliphatic heterocycles. The van der Waals surface area contributed by atoms with Gasteiger partial charge in [0, 0.05) is 12.7 Å². The topological polar surface area (TPSA) is 42.0 Å². The molecule has 2 aromatic rings. The van der Waals surface area contributed by atoms with Gasteiger partial charge in [-0.3, -0.25) is 4.79 Å². The van der Waals surface area contributed by atoms with Gasteiger partial charge < -0.3 is 5.32 Å². The minimum atomic E-state index is -4.43. The standard InChI is InChI=1S/C16H14F4N2OS/c1-10-6-11(2-4-13(10)17)7-21-14(23)9-24-15-5-3-12(8-22-15)16(18,19)20/h2-6,8H,7,9H2,1H3,(H,21,23). The van der Waals surface area contributed by atoms with Gasteiger partial charge in [-0.15, -0.1) is 0 Å². The lowest BCUT2D eigenvalue weighted by Crippen LogP contribution is -2.24. The quantitative estimate of drug-likeness (QED) is 0.650. The number of rotatable bonds is 5. The lowest BCUT2D eigenvalue weighted by molar-refractivity contribution is -0.137. The van der Waals surface area contributed by atoms with E-state index in [0.29, 0.717) is 10.6 Å². The molecule has 1 aromatic carbocycles. The Bertz CT molecular complexity index is 717. The van der Waals surface area contributed by atoms with Crippen LogP contribution >= 0.6 is 11.8 Å². The molecule has 0 aliphatic rings. The summed E-state index contributed by atoms with van der Waals surface area (Å²) in [5.74, 6) is -0.573. The van der Waals surface area contributed by atoms with E-state index >= 15 is 0 Å². The zero-order valence-corrected chi connectivity index (χ0v) is 13.5. The van der Waals surface area contributed by atoms with Gasteiger partial charge >= 0.3 is 6.18 Å². The highest BCUT2D eigenvalue weighted by atomic mass is 32.2. The molecule has 1 N–H and O–H groups in total. The summed E-state index contributed by atoms with van der Waals surface area (Å²) in [6.07, 6.45) is -3.69. The molecule has 8 heteroatoms. The highest BCUT2D eigenvalue weighted by Crippen LogP contribution is 2.29. The Balaban J connectivity index is 1.81. The minimum Gasteiger partial charge on any atom is -0.351 e. The molecule has 0 saturated heterocycles. The first-order chi connectivity index (χ1) is 11.3. The van der Waals surface area contributed by atoms with Crippen molar-refractivity contribution in [1.29, 1.82) is 0 Å². The molecule has 3 nitrogen and oxygen atoms in total. The van der Waals surface area contributed by atoms with Gasteiger partial charge in [0.25, 0.3) is 0 Å². The number of hydrogen-bond donors (Lipinski definition) is 1. The molecule has 0 aliphatic carbocycles. The second kappa shape index (κ2) is 7.65. The third kappa shape index (κ3) is 5.23. The number of thioether (sulfide) groups is 1. The van der Waals surface area contributed by atoms with Crippen LogP contribution in [0.25, 0.3) is 0 Å². The Kier molecular flexibility index (Phi) is 5.82. The van der Waals surface area contributed by atoms with Crippen LogP contribution in [0, 0.1) is 12.7 Å². The van der Waals surface area contributed by atoms with Crippen LogP contribution in [0.4, 0.5) is 17.6 Å². The normalized spacial score (nSPS) is 11.4. The zero-order valence-electron chi connectivity index (χ0n) is 12.7. The summed E-state index contributed by atoms with van der Waals surface area (Å²) in [6, 6.07) is 6.70. The summed E-state index contributed by atoms with van der Waals surface area (Å²) in [7, 11) is 0. The minimum absolute atomic E-state index is 0.0263. The van der Waals surface area contributed by atoms with E-state index in [1.165, 1.54) is 12.1 Å². The molecule has 0 fully saturated rings. The first-order valence-electron chi connectivity index (χ1n) is 6.93. The highest BCUT2D eigenvalue weighted by molar-refractivity contribution is 7.99. The van der Waals surface area contributed by atoms with E-state index in [1.54, 1.807) is 19.1 Å². The SMILES string of the molecule is Cc1cc(CNC(=O)CSc2ccc(C(F)(F)F)cn2)ccc1F. The van der Waals surface area contributed by atoms with E-state index in [2.05, 4.69) is 10.3 Å². The lowest BCUT2D eigenvalue weighted by Gasteiger charge is -2.08. The van der Waals surface area contributed by atoms with Crippen molar-refractivity contribution >= 4 is 17.7 Å². The molecule has 0 saturated carbocycles. The molecule has 1 heterocycles. The predicted octanol–water partition coefficient (Wildman–Crippen LogP) is 3.96. The Hall–Kier alpha value is -2.09. The zero-order chi connectivity index (χ0) is 17.7. The van der Waals surface area contributed by atoms with Crippen LogP contribution in [-0.4, -0.2) is 16.6 Å². The van der Waals surface area contributed by atoms with Crippen LogP contribution < -0.4 is 5.32 Å². The third-order valence-corrected chi connectivity index (χ3v) is 4.07. The Morgan fingerprint density at radius 2 is 2.00 bits per heavy atom. The second-order valence-electron chi connectivity index (χ2n) is 5.03. The van der Waals surface area contributed by atoms with Gasteiger partial charge in [-0.25, -0.2) is 9.37 Å². The lowest BCUT2D eigenvalue weighted by atomic mass is 10.1. The van der Waals surface area contributed by atoms with Crippen molar-refractivity contribution < 1.29 is 22.4 Å². The monoisotopic (exact) mass is 358 g/mol. The van der Waals surface area contributed by atoms with Crippen LogP contribution in [-0.2, 0) is 17.5 Å². The van der Waals surface area contributed by atoms with Gasteiger partial charge in [-0.2, -0.15) is 13.2 Å². The average molecular weight is 358 g/mol. The summed E-state index contributed by atoms with van der Waals surface area (Å²) in [5, 5.41) is 2.99. The van der Waals surface area contributed by atoms with Gasteiger partial charge in [0.2, 0.25) is 5.91 Å². The molecule has 0 radical (unpaired) electrons. The van der Waals surface area contributed by atoms with Crippen LogP contribution in [0.15, 0.2) is 41.6 Å². The fourth-order valence-corrected chi connectivity index (χ4v) is 2.51. The molecular formula is C16H14F4N2OS. The van der Waals surface area contributed by atoms with E-state index in [-0.39, 0.29) is 24.0 Å². The number of carbonyl (C=O) groups excluding carboxylic acids is 1. The second-order valence-corrected chi connectivity index (χ2v) is 6.03. The van der Waals surface area contributed by atoms with Crippen molar-refractivity contribution in [2.24, 2.45) is 0 Å². The molecule has 0 bridgehead atoms. The average Bonchev–Trinajstić information content (AvgIpc) is 2.53. The van der Waals surface area contributed by atoms with Crippen molar-refractivity contribution in [2.45, 2.75) is 24.7 Å². The van der Waals surface area contributed by atoms with Crippen molar-refractivity contribution in [3.8, 4) is 0 Å². The van der Waals surface area contributed by atoms with Crippen LogP contribution in [0.3, 0.4) is 0 Å². The molecule has 2 rings (SSSR count). The van der Waals surface area contributed by atoms with Crippen molar-refractivity contribution in [3.05, 3.63) is 59.0 Å². The Morgan fingerprint density at radius 1 is 1.25 bits per heavy atom. The Labute approximate surface area is 140 Å². The first-order valence-corrected chi connectivity index (χ1v) is 7.92. The molecule has 128 valence electrons.